The highest BCUT2D eigenvalue weighted by molar-refractivity contribution is 6.16. The van der Waals surface area contributed by atoms with Gasteiger partial charge in [0, 0.05) is 11.1 Å². The van der Waals surface area contributed by atoms with Crippen LogP contribution >= 0.6 is 0 Å². The predicted molar refractivity (Wildman–Crippen MR) is 126 cm³/mol. The quantitative estimate of drug-likeness (QED) is 0.531. The summed E-state index contributed by atoms with van der Waals surface area (Å²) in [5.74, 6) is -1.75. The second-order valence-corrected chi connectivity index (χ2v) is 7.93. The lowest BCUT2D eigenvalue weighted by molar-refractivity contribution is -0.196. The molecular formula is C26H22F3N3O4. The van der Waals surface area contributed by atoms with E-state index in [9.17, 15) is 22.8 Å². The van der Waals surface area contributed by atoms with Gasteiger partial charge in [-0.3, -0.25) is 14.5 Å². The van der Waals surface area contributed by atoms with Crippen LogP contribution in [0, 0.1) is 0 Å². The molecule has 1 atom stereocenters. The zero-order chi connectivity index (χ0) is 25.9. The van der Waals surface area contributed by atoms with E-state index in [1.165, 1.54) is 38.5 Å². The highest BCUT2D eigenvalue weighted by atomic mass is 19.4. The molecule has 1 aliphatic rings. The number of alkyl halides is 3. The number of nitrogens with one attached hydrogen (secondary N) is 1. The minimum Gasteiger partial charge on any atom is -0.497 e. The number of ether oxygens (including phenoxy) is 2. The summed E-state index contributed by atoms with van der Waals surface area (Å²) in [5.41, 5.74) is -2.74. The number of halogens is 3. The Bertz CT molecular complexity index is 1280. The Kier molecular flexibility index (Phi) is 6.69. The molecule has 0 aliphatic carbocycles. The largest absolute Gasteiger partial charge is 0.497 e. The number of methoxy groups -OCH3 is 2. The molecule has 0 saturated heterocycles. The number of hydrogen-bond donors (Lipinski definition) is 1. The van der Waals surface area contributed by atoms with Gasteiger partial charge in [0.1, 0.15) is 17.3 Å². The summed E-state index contributed by atoms with van der Waals surface area (Å²) < 4.78 is 53.8. The van der Waals surface area contributed by atoms with Crippen molar-refractivity contribution < 1.29 is 32.2 Å². The molecule has 0 spiro atoms. The van der Waals surface area contributed by atoms with Gasteiger partial charge >= 0.3 is 11.8 Å². The monoisotopic (exact) mass is 497 g/mol. The second-order valence-electron chi connectivity index (χ2n) is 7.93. The molecule has 1 heterocycles. The summed E-state index contributed by atoms with van der Waals surface area (Å²) in [5, 5.41) is 1.87. The Morgan fingerprint density at radius 3 is 2.00 bits per heavy atom. The van der Waals surface area contributed by atoms with E-state index in [-0.39, 0.29) is 17.9 Å². The molecule has 3 aromatic carbocycles. The van der Waals surface area contributed by atoms with Gasteiger partial charge < -0.3 is 14.8 Å². The van der Waals surface area contributed by atoms with Crippen LogP contribution in [0.4, 0.5) is 13.2 Å². The van der Waals surface area contributed by atoms with Crippen LogP contribution in [-0.4, -0.2) is 48.6 Å². The van der Waals surface area contributed by atoms with Gasteiger partial charge in [0.05, 0.1) is 20.8 Å². The Morgan fingerprint density at radius 1 is 0.917 bits per heavy atom. The van der Waals surface area contributed by atoms with Gasteiger partial charge in [-0.05, 0) is 42.0 Å². The van der Waals surface area contributed by atoms with E-state index in [0.717, 1.165) is 4.90 Å². The number of carbonyl (C=O) groups excluding carboxylic acids is 2. The van der Waals surface area contributed by atoms with Gasteiger partial charge in [-0.25, -0.2) is 4.99 Å². The van der Waals surface area contributed by atoms with Crippen molar-refractivity contribution in [3.05, 3.63) is 95.6 Å². The highest BCUT2D eigenvalue weighted by Crippen LogP contribution is 2.39. The van der Waals surface area contributed by atoms with Crippen molar-refractivity contribution in [2.24, 2.45) is 4.99 Å². The van der Waals surface area contributed by atoms with E-state index in [4.69, 9.17) is 9.47 Å². The topological polar surface area (TPSA) is 80.2 Å². The SMILES string of the molecule is COc1ccc(CN2C(=O)[C@@](NC(=O)c3ccc(OC)cc3)(C(F)(F)F)N=C2c2ccccc2)cc1. The summed E-state index contributed by atoms with van der Waals surface area (Å²) >= 11 is 0. The van der Waals surface area contributed by atoms with Crippen LogP contribution in [-0.2, 0) is 11.3 Å². The molecular weight excluding hydrogens is 475 g/mol. The lowest BCUT2D eigenvalue weighted by Gasteiger charge is -2.29. The Labute approximate surface area is 205 Å². The molecule has 0 saturated carbocycles. The molecule has 1 N–H and O–H groups in total. The smallest absolute Gasteiger partial charge is 0.442 e. The van der Waals surface area contributed by atoms with E-state index in [2.05, 4.69) is 4.99 Å². The summed E-state index contributed by atoms with van der Waals surface area (Å²) in [7, 11) is 2.91. The number of amidine groups is 1. The summed E-state index contributed by atoms with van der Waals surface area (Å²) in [6.45, 7) is -0.202. The third-order valence-corrected chi connectivity index (χ3v) is 5.67. The van der Waals surface area contributed by atoms with Crippen molar-refractivity contribution in [2.45, 2.75) is 18.4 Å². The minimum absolute atomic E-state index is 0.0858. The maximum absolute atomic E-state index is 14.6. The van der Waals surface area contributed by atoms with Crippen molar-refractivity contribution in [2.75, 3.05) is 14.2 Å². The first-order valence-electron chi connectivity index (χ1n) is 10.8. The third-order valence-electron chi connectivity index (χ3n) is 5.67. The summed E-state index contributed by atoms with van der Waals surface area (Å²) in [4.78, 5) is 31.1. The lowest BCUT2D eigenvalue weighted by atomic mass is 10.1. The first kappa shape index (κ1) is 24.8. The maximum Gasteiger partial charge on any atom is 0.442 e. The van der Waals surface area contributed by atoms with Crippen LogP contribution in [0.25, 0.3) is 0 Å². The van der Waals surface area contributed by atoms with Crippen molar-refractivity contribution >= 4 is 17.6 Å². The van der Waals surface area contributed by atoms with Crippen LogP contribution in [0.3, 0.4) is 0 Å². The number of benzene rings is 3. The first-order valence-corrected chi connectivity index (χ1v) is 10.8. The van der Waals surface area contributed by atoms with Gasteiger partial charge in [-0.2, -0.15) is 13.2 Å². The standard InChI is InChI=1S/C26H22F3N3O4/c1-35-20-12-8-17(9-13-20)16-32-22(18-6-4-3-5-7-18)30-25(24(32)34,26(27,28)29)31-23(33)19-10-14-21(36-2)15-11-19/h3-15H,16H2,1-2H3,(H,31,33)/t25-/m1/s1. The summed E-state index contributed by atoms with van der Waals surface area (Å²) in [6, 6.07) is 20.0. The van der Waals surface area contributed by atoms with Crippen LogP contribution in [0.15, 0.2) is 83.9 Å². The van der Waals surface area contributed by atoms with Crippen molar-refractivity contribution in [1.29, 1.82) is 0 Å². The molecule has 4 rings (SSSR count). The number of hydrogen-bond acceptors (Lipinski definition) is 5. The fraction of sp³-hybridized carbons (Fsp3) is 0.192. The molecule has 36 heavy (non-hydrogen) atoms. The molecule has 10 heteroatoms. The first-order chi connectivity index (χ1) is 17.2. The molecule has 0 aromatic heterocycles. The molecule has 0 fully saturated rings. The van der Waals surface area contributed by atoms with Crippen LogP contribution < -0.4 is 14.8 Å². The maximum atomic E-state index is 14.6. The molecule has 3 aromatic rings. The average Bonchev–Trinajstić information content (AvgIpc) is 3.17. The average molecular weight is 497 g/mol. The molecule has 0 unspecified atom stereocenters. The summed E-state index contributed by atoms with van der Waals surface area (Å²) in [6.07, 6.45) is -5.22. The number of rotatable bonds is 7. The van der Waals surface area contributed by atoms with Crippen LogP contribution in [0.2, 0.25) is 0 Å². The lowest BCUT2D eigenvalue weighted by Crippen LogP contribution is -2.63. The second kappa shape index (κ2) is 9.73. The Hall–Kier alpha value is -4.34. The van der Waals surface area contributed by atoms with E-state index < -0.39 is 23.7 Å². The Morgan fingerprint density at radius 2 is 1.47 bits per heavy atom. The number of aliphatic imine (C=N–C) groups is 1. The fourth-order valence-electron chi connectivity index (χ4n) is 3.74. The highest BCUT2D eigenvalue weighted by Gasteiger charge is 2.67. The van der Waals surface area contributed by atoms with Crippen molar-refractivity contribution in [3.8, 4) is 11.5 Å². The number of amides is 2. The zero-order valence-electron chi connectivity index (χ0n) is 19.4. The fourth-order valence-corrected chi connectivity index (χ4v) is 3.74. The van der Waals surface area contributed by atoms with Gasteiger partial charge in [0.25, 0.3) is 11.8 Å². The van der Waals surface area contributed by atoms with E-state index in [1.54, 1.807) is 54.6 Å². The van der Waals surface area contributed by atoms with E-state index >= 15 is 0 Å². The van der Waals surface area contributed by atoms with Crippen LogP contribution in [0.1, 0.15) is 21.5 Å². The Balaban J connectivity index is 1.76. The minimum atomic E-state index is -5.22. The van der Waals surface area contributed by atoms with Gasteiger partial charge in [-0.15, -0.1) is 0 Å². The van der Waals surface area contributed by atoms with E-state index in [1.807, 2.05) is 5.32 Å². The molecule has 1 aliphatic heterocycles. The predicted octanol–water partition coefficient (Wildman–Crippen LogP) is 4.18. The molecule has 0 radical (unpaired) electrons. The normalized spacial score (nSPS) is 17.5. The number of nitrogens with zero attached hydrogens (tertiary/aromatic N) is 2. The molecule has 7 nitrogen and oxygen atoms in total. The van der Waals surface area contributed by atoms with Gasteiger partial charge in [-0.1, -0.05) is 42.5 Å². The third kappa shape index (κ3) is 4.61. The van der Waals surface area contributed by atoms with Gasteiger partial charge in [0.15, 0.2) is 0 Å². The molecule has 0 bridgehead atoms. The van der Waals surface area contributed by atoms with Crippen molar-refractivity contribution in [1.82, 2.24) is 10.2 Å². The van der Waals surface area contributed by atoms with Crippen LogP contribution in [0.5, 0.6) is 11.5 Å². The number of carbonyl (C=O) groups is 2. The molecule has 186 valence electrons. The van der Waals surface area contributed by atoms with Gasteiger partial charge in [0.2, 0.25) is 0 Å². The van der Waals surface area contributed by atoms with Crippen molar-refractivity contribution in [3.63, 3.8) is 0 Å². The zero-order valence-corrected chi connectivity index (χ0v) is 19.4. The van der Waals surface area contributed by atoms with E-state index in [0.29, 0.717) is 22.6 Å². The molecule has 2 amide bonds.